The molecule has 2 nitrogen and oxygen atoms in total. The van der Waals surface area contributed by atoms with Crippen LogP contribution in [0.2, 0.25) is 5.02 Å². The third-order valence-corrected chi connectivity index (χ3v) is 2.79. The van der Waals surface area contributed by atoms with Gasteiger partial charge in [0.25, 0.3) is 0 Å². The number of benzene rings is 1. The second-order valence-corrected chi connectivity index (χ2v) is 4.20. The standard InChI is InChI=1S/C13H12ClNO/c14-11-7-6-10(9-15)13(8-11)16-12-4-2-1-3-5-12/h2,4,6-8,12H,1,3,5H2. The summed E-state index contributed by atoms with van der Waals surface area (Å²) in [5, 5.41) is 9.54. The van der Waals surface area contributed by atoms with Gasteiger partial charge in [0, 0.05) is 11.1 Å². The van der Waals surface area contributed by atoms with Crippen molar-refractivity contribution in [1.29, 1.82) is 5.26 Å². The SMILES string of the molecule is N#Cc1ccc(Cl)cc1OC1C=CCCC1. The van der Waals surface area contributed by atoms with E-state index in [1.165, 1.54) is 0 Å². The van der Waals surface area contributed by atoms with E-state index in [-0.39, 0.29) is 6.10 Å². The van der Waals surface area contributed by atoms with Crippen molar-refractivity contribution in [3.05, 3.63) is 40.9 Å². The average Bonchev–Trinajstić information content (AvgIpc) is 2.31. The molecule has 82 valence electrons. The van der Waals surface area contributed by atoms with Gasteiger partial charge >= 0.3 is 0 Å². The fraction of sp³-hybridized carbons (Fsp3) is 0.308. The predicted molar refractivity (Wildman–Crippen MR) is 63.6 cm³/mol. The number of ether oxygens (including phenoxy) is 1. The van der Waals surface area contributed by atoms with Crippen LogP contribution in [0, 0.1) is 11.3 Å². The van der Waals surface area contributed by atoms with Gasteiger partial charge in [-0.2, -0.15) is 5.26 Å². The van der Waals surface area contributed by atoms with Gasteiger partial charge in [-0.3, -0.25) is 0 Å². The van der Waals surface area contributed by atoms with E-state index < -0.39 is 0 Å². The molecule has 0 bridgehead atoms. The second kappa shape index (κ2) is 5.05. The van der Waals surface area contributed by atoms with Crippen molar-refractivity contribution in [2.45, 2.75) is 25.4 Å². The first-order valence-corrected chi connectivity index (χ1v) is 5.70. The Balaban J connectivity index is 2.19. The molecule has 1 aromatic rings. The largest absolute Gasteiger partial charge is 0.485 e. The highest BCUT2D eigenvalue weighted by Gasteiger charge is 2.12. The van der Waals surface area contributed by atoms with Gasteiger partial charge in [-0.15, -0.1) is 0 Å². The Kier molecular flexibility index (Phi) is 3.48. The van der Waals surface area contributed by atoms with E-state index in [1.807, 2.05) is 6.08 Å². The lowest BCUT2D eigenvalue weighted by molar-refractivity contribution is 0.229. The summed E-state index contributed by atoms with van der Waals surface area (Å²) in [6.07, 6.45) is 7.47. The van der Waals surface area contributed by atoms with Crippen molar-refractivity contribution in [2.24, 2.45) is 0 Å². The summed E-state index contributed by atoms with van der Waals surface area (Å²) < 4.78 is 5.76. The lowest BCUT2D eigenvalue weighted by atomic mass is 10.1. The minimum atomic E-state index is 0.0688. The van der Waals surface area contributed by atoms with Crippen LogP contribution in [0.1, 0.15) is 24.8 Å². The molecule has 1 aromatic carbocycles. The van der Waals surface area contributed by atoms with Crippen molar-refractivity contribution >= 4 is 11.6 Å². The van der Waals surface area contributed by atoms with E-state index in [2.05, 4.69) is 12.1 Å². The number of nitriles is 1. The fourth-order valence-electron chi connectivity index (χ4n) is 1.73. The molecule has 0 saturated heterocycles. The maximum Gasteiger partial charge on any atom is 0.139 e. The molecule has 1 unspecified atom stereocenters. The molecular weight excluding hydrogens is 222 g/mol. The van der Waals surface area contributed by atoms with Crippen molar-refractivity contribution in [1.82, 2.24) is 0 Å². The monoisotopic (exact) mass is 233 g/mol. The zero-order valence-electron chi connectivity index (χ0n) is 8.82. The van der Waals surface area contributed by atoms with Gasteiger partial charge < -0.3 is 4.74 Å². The van der Waals surface area contributed by atoms with E-state index >= 15 is 0 Å². The quantitative estimate of drug-likeness (QED) is 0.730. The molecule has 0 saturated carbocycles. The number of hydrogen-bond acceptors (Lipinski definition) is 2. The summed E-state index contributed by atoms with van der Waals surface area (Å²) in [4.78, 5) is 0. The van der Waals surface area contributed by atoms with E-state index in [9.17, 15) is 0 Å². The minimum absolute atomic E-state index is 0.0688. The number of rotatable bonds is 2. The molecule has 0 aromatic heterocycles. The first-order valence-electron chi connectivity index (χ1n) is 5.32. The summed E-state index contributed by atoms with van der Waals surface area (Å²) in [7, 11) is 0. The fourth-order valence-corrected chi connectivity index (χ4v) is 1.89. The van der Waals surface area contributed by atoms with Crippen LogP contribution in [0.25, 0.3) is 0 Å². The zero-order valence-corrected chi connectivity index (χ0v) is 9.57. The maximum atomic E-state index is 8.95. The third kappa shape index (κ3) is 2.56. The van der Waals surface area contributed by atoms with Crippen LogP contribution in [0.15, 0.2) is 30.4 Å². The number of nitrogens with zero attached hydrogens (tertiary/aromatic N) is 1. The molecular formula is C13H12ClNO. The average molecular weight is 234 g/mol. The number of allylic oxidation sites excluding steroid dienone is 1. The topological polar surface area (TPSA) is 33.0 Å². The van der Waals surface area contributed by atoms with Crippen LogP contribution in [-0.2, 0) is 0 Å². The van der Waals surface area contributed by atoms with Crippen LogP contribution in [0.5, 0.6) is 5.75 Å². The maximum absolute atomic E-state index is 8.95. The van der Waals surface area contributed by atoms with Gasteiger partial charge in [0.15, 0.2) is 0 Å². The summed E-state index contributed by atoms with van der Waals surface area (Å²) >= 11 is 5.88. The van der Waals surface area contributed by atoms with E-state index in [0.29, 0.717) is 16.3 Å². The van der Waals surface area contributed by atoms with Crippen molar-refractivity contribution in [3.8, 4) is 11.8 Å². The van der Waals surface area contributed by atoms with Gasteiger partial charge in [-0.1, -0.05) is 17.7 Å². The number of hydrogen-bond donors (Lipinski definition) is 0. The Morgan fingerprint density at radius 3 is 3.00 bits per heavy atom. The van der Waals surface area contributed by atoms with Gasteiger partial charge in [0.2, 0.25) is 0 Å². The van der Waals surface area contributed by atoms with Crippen molar-refractivity contribution in [3.63, 3.8) is 0 Å². The summed E-state index contributed by atoms with van der Waals surface area (Å²) in [5.74, 6) is 0.576. The number of halogens is 1. The third-order valence-electron chi connectivity index (χ3n) is 2.55. The Morgan fingerprint density at radius 2 is 2.31 bits per heavy atom. The molecule has 0 heterocycles. The molecule has 0 amide bonds. The van der Waals surface area contributed by atoms with Gasteiger partial charge in [-0.25, -0.2) is 0 Å². The summed E-state index contributed by atoms with van der Waals surface area (Å²) in [6.45, 7) is 0. The highest BCUT2D eigenvalue weighted by molar-refractivity contribution is 6.30. The van der Waals surface area contributed by atoms with Gasteiger partial charge in [-0.05, 0) is 37.5 Å². The van der Waals surface area contributed by atoms with Crippen LogP contribution < -0.4 is 4.74 Å². The van der Waals surface area contributed by atoms with Gasteiger partial charge in [0.1, 0.15) is 17.9 Å². The van der Waals surface area contributed by atoms with E-state index in [0.717, 1.165) is 19.3 Å². The molecule has 3 heteroatoms. The molecule has 1 aliphatic carbocycles. The second-order valence-electron chi connectivity index (χ2n) is 3.77. The Labute approximate surface area is 100 Å². The molecule has 0 aliphatic heterocycles. The Morgan fingerprint density at radius 1 is 1.44 bits per heavy atom. The Hall–Kier alpha value is -1.46. The van der Waals surface area contributed by atoms with Crippen molar-refractivity contribution < 1.29 is 4.74 Å². The first kappa shape index (κ1) is 11.0. The molecule has 1 atom stereocenters. The van der Waals surface area contributed by atoms with Gasteiger partial charge in [0.05, 0.1) is 5.56 Å². The summed E-state index contributed by atoms with van der Waals surface area (Å²) in [5.41, 5.74) is 0.531. The zero-order chi connectivity index (χ0) is 11.4. The highest BCUT2D eigenvalue weighted by Crippen LogP contribution is 2.26. The Bertz CT molecular complexity index is 448. The lowest BCUT2D eigenvalue weighted by Gasteiger charge is -2.19. The van der Waals surface area contributed by atoms with E-state index in [4.69, 9.17) is 21.6 Å². The molecule has 0 spiro atoms. The lowest BCUT2D eigenvalue weighted by Crippen LogP contribution is -2.16. The first-order chi connectivity index (χ1) is 7.79. The van der Waals surface area contributed by atoms with Crippen LogP contribution in [0.4, 0.5) is 0 Å². The molecule has 1 aliphatic rings. The molecule has 0 radical (unpaired) electrons. The smallest absolute Gasteiger partial charge is 0.139 e. The molecule has 0 N–H and O–H groups in total. The van der Waals surface area contributed by atoms with Crippen LogP contribution in [0.3, 0.4) is 0 Å². The van der Waals surface area contributed by atoms with Crippen LogP contribution in [-0.4, -0.2) is 6.10 Å². The molecule has 2 rings (SSSR count). The van der Waals surface area contributed by atoms with Crippen LogP contribution >= 0.6 is 11.6 Å². The predicted octanol–water partition coefficient (Wildman–Crippen LogP) is 3.70. The minimum Gasteiger partial charge on any atom is -0.485 e. The molecule has 16 heavy (non-hydrogen) atoms. The summed E-state index contributed by atoms with van der Waals surface area (Å²) in [6, 6.07) is 7.18. The highest BCUT2D eigenvalue weighted by atomic mass is 35.5. The van der Waals surface area contributed by atoms with E-state index in [1.54, 1.807) is 18.2 Å². The molecule has 0 fully saturated rings. The van der Waals surface area contributed by atoms with Crippen molar-refractivity contribution in [2.75, 3.05) is 0 Å². The normalized spacial score (nSPS) is 19.1.